The summed E-state index contributed by atoms with van der Waals surface area (Å²) in [4.78, 5) is 17.6. The summed E-state index contributed by atoms with van der Waals surface area (Å²) in [7, 11) is 0. The summed E-state index contributed by atoms with van der Waals surface area (Å²) < 4.78 is 2.04. The van der Waals surface area contributed by atoms with Crippen molar-refractivity contribution in [3.63, 3.8) is 0 Å². The lowest BCUT2D eigenvalue weighted by Crippen LogP contribution is -2.48. The van der Waals surface area contributed by atoms with Gasteiger partial charge in [0.25, 0.3) is 0 Å². The molecule has 0 radical (unpaired) electrons. The zero-order valence-electron chi connectivity index (χ0n) is 16.3. The summed E-state index contributed by atoms with van der Waals surface area (Å²) in [5, 5.41) is 12.3. The lowest BCUT2D eigenvalue weighted by Gasteiger charge is -2.40. The Morgan fingerprint density at radius 3 is 2.48 bits per heavy atom. The monoisotopic (exact) mass is 372 g/mol. The first kappa shape index (κ1) is 17.6. The number of hydrogen-bond donors (Lipinski definition) is 0. The van der Waals surface area contributed by atoms with Gasteiger partial charge in [0.2, 0.25) is 5.91 Å². The van der Waals surface area contributed by atoms with Gasteiger partial charge in [-0.15, -0.1) is 5.10 Å². The van der Waals surface area contributed by atoms with Gasteiger partial charge in [0, 0.05) is 18.5 Å². The van der Waals surface area contributed by atoms with Crippen LogP contribution in [0.1, 0.15) is 76.1 Å². The van der Waals surface area contributed by atoms with E-state index in [1.54, 1.807) is 0 Å². The van der Waals surface area contributed by atoms with E-state index in [9.17, 15) is 4.79 Å². The normalized spacial score (nSPS) is 28.3. The summed E-state index contributed by atoms with van der Waals surface area (Å²) in [5.41, 5.74) is 0. The molecule has 7 nitrogen and oxygen atoms in total. The molecule has 148 valence electrons. The van der Waals surface area contributed by atoms with E-state index in [1.807, 2.05) is 4.68 Å². The Bertz CT molecular complexity index is 659. The fourth-order valence-electron chi connectivity index (χ4n) is 5.08. The molecule has 2 saturated carbocycles. The van der Waals surface area contributed by atoms with Crippen molar-refractivity contribution in [3.8, 4) is 0 Å². The molecule has 0 spiro atoms. The van der Waals surface area contributed by atoms with Crippen LogP contribution in [0, 0.1) is 11.8 Å². The number of likely N-dealkylation sites (tertiary alicyclic amines) is 2. The maximum atomic E-state index is 12.8. The number of tetrazole rings is 1. The Balaban J connectivity index is 1.19. The van der Waals surface area contributed by atoms with Gasteiger partial charge in [-0.25, -0.2) is 4.68 Å². The van der Waals surface area contributed by atoms with Crippen LogP contribution in [0.25, 0.3) is 0 Å². The zero-order valence-corrected chi connectivity index (χ0v) is 16.3. The molecule has 4 fully saturated rings. The molecule has 2 saturated heterocycles. The summed E-state index contributed by atoms with van der Waals surface area (Å²) in [6.45, 7) is 4.07. The molecule has 1 aromatic heterocycles. The van der Waals surface area contributed by atoms with Crippen LogP contribution < -0.4 is 0 Å². The van der Waals surface area contributed by atoms with Crippen LogP contribution in [-0.4, -0.2) is 61.6 Å². The van der Waals surface area contributed by atoms with Crippen LogP contribution in [-0.2, 0) is 11.3 Å². The number of piperidine rings is 1. The second-order valence-corrected chi connectivity index (χ2v) is 9.11. The van der Waals surface area contributed by atoms with Crippen LogP contribution in [0.15, 0.2) is 0 Å². The average Bonchev–Trinajstić information content (AvgIpc) is 3.60. The molecule has 5 rings (SSSR count). The predicted octanol–water partition coefficient (Wildman–Crippen LogP) is 2.40. The highest BCUT2D eigenvalue weighted by molar-refractivity contribution is 5.81. The number of hydrogen-bond acceptors (Lipinski definition) is 5. The van der Waals surface area contributed by atoms with E-state index in [1.165, 1.54) is 51.4 Å². The van der Waals surface area contributed by atoms with Crippen LogP contribution in [0.3, 0.4) is 0 Å². The summed E-state index contributed by atoms with van der Waals surface area (Å²) in [6, 6.07) is 1.03. The molecule has 3 heterocycles. The highest BCUT2D eigenvalue weighted by Gasteiger charge is 2.40. The quantitative estimate of drug-likeness (QED) is 0.794. The maximum absolute atomic E-state index is 12.8. The molecule has 0 aromatic carbocycles. The smallest absolute Gasteiger partial charge is 0.225 e. The van der Waals surface area contributed by atoms with Crippen molar-refractivity contribution in [2.24, 2.45) is 11.8 Å². The van der Waals surface area contributed by atoms with Gasteiger partial charge in [0.1, 0.15) is 0 Å². The van der Waals surface area contributed by atoms with Gasteiger partial charge in [-0.05, 0) is 80.8 Å². The Morgan fingerprint density at radius 2 is 1.74 bits per heavy atom. The first-order valence-corrected chi connectivity index (χ1v) is 11.1. The fourth-order valence-corrected chi connectivity index (χ4v) is 5.08. The van der Waals surface area contributed by atoms with Crippen molar-refractivity contribution in [2.75, 3.05) is 19.6 Å². The van der Waals surface area contributed by atoms with Gasteiger partial charge in [0.05, 0.1) is 12.6 Å². The number of amides is 1. The average molecular weight is 373 g/mol. The predicted molar refractivity (Wildman–Crippen MR) is 101 cm³/mol. The van der Waals surface area contributed by atoms with Crippen LogP contribution >= 0.6 is 0 Å². The van der Waals surface area contributed by atoms with Crippen molar-refractivity contribution in [2.45, 2.75) is 82.8 Å². The largest absolute Gasteiger partial charge is 0.339 e. The van der Waals surface area contributed by atoms with E-state index >= 15 is 0 Å². The van der Waals surface area contributed by atoms with E-state index in [-0.39, 0.29) is 0 Å². The van der Waals surface area contributed by atoms with E-state index < -0.39 is 0 Å². The third-order valence-electron chi connectivity index (χ3n) is 7.00. The molecule has 0 N–H and O–H groups in total. The first-order valence-electron chi connectivity index (χ1n) is 11.1. The van der Waals surface area contributed by atoms with Crippen molar-refractivity contribution in [1.29, 1.82) is 0 Å². The summed E-state index contributed by atoms with van der Waals surface area (Å²) in [6.07, 6.45) is 12.0. The molecule has 1 aromatic rings. The van der Waals surface area contributed by atoms with Crippen molar-refractivity contribution in [3.05, 3.63) is 5.82 Å². The van der Waals surface area contributed by atoms with Crippen LogP contribution in [0.5, 0.6) is 0 Å². The molecule has 2 aliphatic carbocycles. The minimum absolute atomic E-state index is 0.354. The molecular weight excluding hydrogens is 340 g/mol. The van der Waals surface area contributed by atoms with E-state index in [4.69, 9.17) is 0 Å². The Kier molecular flexibility index (Phi) is 4.88. The number of nitrogens with zero attached hydrogens (tertiary/aromatic N) is 6. The second-order valence-electron chi connectivity index (χ2n) is 9.11. The van der Waals surface area contributed by atoms with Gasteiger partial charge in [-0.2, -0.15) is 0 Å². The van der Waals surface area contributed by atoms with Gasteiger partial charge in [-0.3, -0.25) is 9.69 Å². The van der Waals surface area contributed by atoms with Gasteiger partial charge in [0.15, 0.2) is 5.82 Å². The number of carbonyl (C=O) groups excluding carboxylic acids is 1. The Hall–Kier alpha value is -1.50. The number of aromatic nitrogens is 4. The van der Waals surface area contributed by atoms with Gasteiger partial charge in [-0.1, -0.05) is 12.8 Å². The molecule has 4 aliphatic rings. The van der Waals surface area contributed by atoms with Crippen molar-refractivity contribution < 1.29 is 4.79 Å². The number of rotatable bonds is 5. The minimum atomic E-state index is 0.354. The highest BCUT2D eigenvalue weighted by Crippen LogP contribution is 2.37. The SMILES string of the molecule is O=C(C1CC1)N1CCCCC[C@@H]1C1CCN(Cc2nnnn2C2CC2)CC1. The van der Waals surface area contributed by atoms with E-state index in [0.717, 1.165) is 44.8 Å². The highest BCUT2D eigenvalue weighted by atomic mass is 16.2. The lowest BCUT2D eigenvalue weighted by molar-refractivity contribution is -0.136. The number of carbonyl (C=O) groups is 1. The van der Waals surface area contributed by atoms with Crippen molar-refractivity contribution >= 4 is 5.91 Å². The van der Waals surface area contributed by atoms with Gasteiger partial charge < -0.3 is 4.90 Å². The third-order valence-corrected chi connectivity index (χ3v) is 7.00. The topological polar surface area (TPSA) is 67.2 Å². The molecule has 0 unspecified atom stereocenters. The fraction of sp³-hybridized carbons (Fsp3) is 0.900. The Morgan fingerprint density at radius 1 is 0.926 bits per heavy atom. The molecular formula is C20H32N6O. The zero-order chi connectivity index (χ0) is 18.2. The second kappa shape index (κ2) is 7.49. The standard InChI is InChI=1S/C20H32N6O/c27-20(16-5-6-16)25-11-3-1-2-4-18(25)15-9-12-24(13-10-15)14-19-21-22-23-26(19)17-7-8-17/h15-18H,1-14H2/t18-/m1/s1. The van der Waals surface area contributed by atoms with Crippen LogP contribution in [0.2, 0.25) is 0 Å². The maximum Gasteiger partial charge on any atom is 0.225 e. The van der Waals surface area contributed by atoms with Crippen LogP contribution in [0.4, 0.5) is 0 Å². The molecule has 0 bridgehead atoms. The van der Waals surface area contributed by atoms with E-state index in [2.05, 4.69) is 25.3 Å². The molecule has 1 atom stereocenters. The molecule has 7 heteroatoms. The van der Waals surface area contributed by atoms with E-state index in [0.29, 0.717) is 29.8 Å². The Labute approximate surface area is 161 Å². The molecule has 2 aliphatic heterocycles. The molecule has 1 amide bonds. The van der Waals surface area contributed by atoms with Crippen molar-refractivity contribution in [1.82, 2.24) is 30.0 Å². The molecule has 27 heavy (non-hydrogen) atoms. The summed E-state index contributed by atoms with van der Waals surface area (Å²) >= 11 is 0. The minimum Gasteiger partial charge on any atom is -0.339 e. The van der Waals surface area contributed by atoms with Gasteiger partial charge >= 0.3 is 0 Å². The first-order chi connectivity index (χ1) is 13.3. The summed E-state index contributed by atoms with van der Waals surface area (Å²) in [5.74, 6) is 2.51. The third kappa shape index (κ3) is 3.89. The lowest BCUT2D eigenvalue weighted by atomic mass is 9.86.